The number of nitrogens with zero attached hydrogens (tertiary/aromatic N) is 1. The van der Waals surface area contributed by atoms with Gasteiger partial charge in [0.1, 0.15) is 10.8 Å². The Labute approximate surface area is 123 Å². The molecule has 0 atom stereocenters. The van der Waals surface area contributed by atoms with Crippen molar-refractivity contribution in [1.82, 2.24) is 4.98 Å². The second kappa shape index (κ2) is 6.65. The number of thiocarbonyl (C=S) groups is 1. The average molecular weight is 293 g/mol. The number of hydrogen-bond donors (Lipinski definition) is 2. The molecule has 1 heterocycles. The Morgan fingerprint density at radius 3 is 2.95 bits per heavy atom. The summed E-state index contributed by atoms with van der Waals surface area (Å²) in [6, 6.07) is 2.03. The van der Waals surface area contributed by atoms with Crippen molar-refractivity contribution in [1.29, 1.82) is 0 Å². The zero-order valence-electron chi connectivity index (χ0n) is 11.6. The van der Waals surface area contributed by atoms with Crippen molar-refractivity contribution < 1.29 is 9.53 Å². The number of aryl methyl sites for hydroxylation is 2. The number of carbonyl (C=O) groups is 1. The number of nitrogens with one attached hydrogen (secondary N) is 1. The van der Waals surface area contributed by atoms with Gasteiger partial charge in [-0.3, -0.25) is 4.79 Å². The van der Waals surface area contributed by atoms with E-state index in [-0.39, 0.29) is 12.4 Å². The number of ether oxygens (including phenoxy) is 1. The Morgan fingerprint density at radius 1 is 1.50 bits per heavy atom. The molecule has 0 fully saturated rings. The van der Waals surface area contributed by atoms with Gasteiger partial charge in [-0.05, 0) is 37.3 Å². The van der Waals surface area contributed by atoms with Crippen LogP contribution in [0.1, 0.15) is 36.1 Å². The third-order valence-corrected chi connectivity index (χ3v) is 3.64. The molecule has 0 saturated carbocycles. The molecule has 20 heavy (non-hydrogen) atoms. The van der Waals surface area contributed by atoms with Gasteiger partial charge in [0, 0.05) is 12.2 Å². The van der Waals surface area contributed by atoms with E-state index in [0.717, 1.165) is 30.5 Å². The van der Waals surface area contributed by atoms with Crippen LogP contribution in [0.2, 0.25) is 0 Å². The molecule has 0 spiro atoms. The summed E-state index contributed by atoms with van der Waals surface area (Å²) in [7, 11) is 1.37. The zero-order valence-corrected chi connectivity index (χ0v) is 12.4. The number of nitrogens with two attached hydrogens (primary N) is 1. The number of esters is 1. The number of pyridine rings is 1. The molecule has 1 aliphatic rings. The van der Waals surface area contributed by atoms with Crippen LogP contribution in [-0.4, -0.2) is 29.6 Å². The first kappa shape index (κ1) is 14.7. The minimum absolute atomic E-state index is 0.257. The van der Waals surface area contributed by atoms with Crippen molar-refractivity contribution in [2.45, 2.75) is 32.1 Å². The molecular formula is C14H19N3O2S. The van der Waals surface area contributed by atoms with Crippen LogP contribution in [0.15, 0.2) is 6.07 Å². The van der Waals surface area contributed by atoms with Crippen molar-refractivity contribution in [2.75, 3.05) is 19.0 Å². The van der Waals surface area contributed by atoms with E-state index in [1.807, 2.05) is 6.07 Å². The molecule has 6 heteroatoms. The van der Waals surface area contributed by atoms with E-state index in [1.165, 1.54) is 19.1 Å². The van der Waals surface area contributed by atoms with Crippen LogP contribution in [-0.2, 0) is 22.4 Å². The van der Waals surface area contributed by atoms with Crippen molar-refractivity contribution in [3.05, 3.63) is 22.9 Å². The van der Waals surface area contributed by atoms with Gasteiger partial charge in [0.25, 0.3) is 0 Å². The zero-order chi connectivity index (χ0) is 14.5. The number of rotatable bonds is 5. The summed E-state index contributed by atoms with van der Waals surface area (Å²) in [5, 5.41) is 3.13. The maximum atomic E-state index is 11.1. The van der Waals surface area contributed by atoms with Crippen molar-refractivity contribution in [3.8, 4) is 0 Å². The van der Waals surface area contributed by atoms with E-state index < -0.39 is 0 Å². The van der Waals surface area contributed by atoms with Crippen LogP contribution in [0.4, 0.5) is 5.82 Å². The average Bonchev–Trinajstić information content (AvgIpc) is 2.46. The molecule has 0 unspecified atom stereocenters. The second-order valence-corrected chi connectivity index (χ2v) is 5.25. The van der Waals surface area contributed by atoms with Gasteiger partial charge in [-0.25, -0.2) is 4.98 Å². The summed E-state index contributed by atoms with van der Waals surface area (Å²) in [5.74, 6) is 0.411. The molecule has 0 aromatic carbocycles. The van der Waals surface area contributed by atoms with Gasteiger partial charge in [-0.15, -0.1) is 0 Å². The molecule has 1 aromatic rings. The molecule has 2 rings (SSSR count). The van der Waals surface area contributed by atoms with Gasteiger partial charge >= 0.3 is 5.97 Å². The van der Waals surface area contributed by atoms with Crippen LogP contribution in [0.25, 0.3) is 0 Å². The molecule has 0 aliphatic heterocycles. The lowest BCUT2D eigenvalue weighted by Gasteiger charge is -2.19. The Bertz CT molecular complexity index is 531. The first-order chi connectivity index (χ1) is 9.61. The van der Waals surface area contributed by atoms with Crippen LogP contribution in [0.5, 0.6) is 0 Å². The first-order valence-corrected chi connectivity index (χ1v) is 7.16. The maximum absolute atomic E-state index is 11.1. The molecule has 5 nitrogen and oxygen atoms in total. The molecule has 108 valence electrons. The standard InChI is InChI=1S/C14H19N3O2S/c1-19-12(18)6-7-16-14-10(13(15)20)8-9-4-2-3-5-11(9)17-14/h8H,2-7H2,1H3,(H2,15,20)(H,16,17). The summed E-state index contributed by atoms with van der Waals surface area (Å²) in [6.45, 7) is 0.452. The highest BCUT2D eigenvalue weighted by molar-refractivity contribution is 7.80. The summed E-state index contributed by atoms with van der Waals surface area (Å²) >= 11 is 5.09. The molecule has 3 N–H and O–H groups in total. The minimum atomic E-state index is -0.257. The van der Waals surface area contributed by atoms with E-state index in [0.29, 0.717) is 17.4 Å². The van der Waals surface area contributed by atoms with Crippen molar-refractivity contribution >= 4 is 29.0 Å². The first-order valence-electron chi connectivity index (χ1n) is 6.75. The third kappa shape index (κ3) is 3.45. The topological polar surface area (TPSA) is 77.2 Å². The fourth-order valence-corrected chi connectivity index (χ4v) is 2.50. The quantitative estimate of drug-likeness (QED) is 0.634. The van der Waals surface area contributed by atoms with Crippen LogP contribution in [0, 0.1) is 0 Å². The summed E-state index contributed by atoms with van der Waals surface area (Å²) in [4.78, 5) is 16.1. The Kier molecular flexibility index (Phi) is 4.89. The van der Waals surface area contributed by atoms with Crippen molar-refractivity contribution in [3.63, 3.8) is 0 Å². The van der Waals surface area contributed by atoms with Gasteiger partial charge in [0.2, 0.25) is 0 Å². The molecule has 0 amide bonds. The molecular weight excluding hydrogens is 274 g/mol. The highest BCUT2D eigenvalue weighted by atomic mass is 32.1. The maximum Gasteiger partial charge on any atom is 0.307 e. The predicted molar refractivity (Wildman–Crippen MR) is 81.9 cm³/mol. The Morgan fingerprint density at radius 2 is 2.25 bits per heavy atom. The predicted octanol–water partition coefficient (Wildman–Crippen LogP) is 1.57. The van der Waals surface area contributed by atoms with Crippen LogP contribution in [0.3, 0.4) is 0 Å². The fraction of sp³-hybridized carbons (Fsp3) is 0.500. The lowest BCUT2D eigenvalue weighted by atomic mass is 9.94. The van der Waals surface area contributed by atoms with Crippen LogP contribution >= 0.6 is 12.2 Å². The molecule has 0 radical (unpaired) electrons. The number of anilines is 1. The SMILES string of the molecule is COC(=O)CCNc1nc2c(cc1C(N)=S)CCCC2. The largest absolute Gasteiger partial charge is 0.469 e. The monoisotopic (exact) mass is 293 g/mol. The minimum Gasteiger partial charge on any atom is -0.469 e. The lowest BCUT2D eigenvalue weighted by molar-refractivity contribution is -0.140. The van der Waals surface area contributed by atoms with E-state index >= 15 is 0 Å². The smallest absolute Gasteiger partial charge is 0.307 e. The highest BCUT2D eigenvalue weighted by Crippen LogP contribution is 2.24. The van der Waals surface area contributed by atoms with Crippen molar-refractivity contribution in [2.24, 2.45) is 5.73 Å². The number of hydrogen-bond acceptors (Lipinski definition) is 5. The number of carbonyl (C=O) groups excluding carboxylic acids is 1. The molecule has 1 aliphatic carbocycles. The highest BCUT2D eigenvalue weighted by Gasteiger charge is 2.16. The second-order valence-electron chi connectivity index (χ2n) is 4.81. The number of fused-ring (bicyclic) bond motifs is 1. The van der Waals surface area contributed by atoms with Gasteiger partial charge in [0.05, 0.1) is 19.1 Å². The summed E-state index contributed by atoms with van der Waals surface area (Å²) in [5.41, 5.74) is 8.86. The number of methoxy groups -OCH3 is 1. The van der Waals surface area contributed by atoms with E-state index in [2.05, 4.69) is 15.0 Å². The van der Waals surface area contributed by atoms with Gasteiger partial charge < -0.3 is 15.8 Å². The normalized spacial score (nSPS) is 13.4. The fourth-order valence-electron chi connectivity index (χ4n) is 2.34. The summed E-state index contributed by atoms with van der Waals surface area (Å²) < 4.78 is 4.61. The van der Waals surface area contributed by atoms with E-state index in [9.17, 15) is 4.79 Å². The third-order valence-electron chi connectivity index (χ3n) is 3.42. The number of aromatic nitrogens is 1. The van der Waals surface area contributed by atoms with Gasteiger partial charge in [0.15, 0.2) is 0 Å². The van der Waals surface area contributed by atoms with Gasteiger partial charge in [-0.2, -0.15) is 0 Å². The van der Waals surface area contributed by atoms with E-state index in [4.69, 9.17) is 18.0 Å². The molecule has 0 bridgehead atoms. The Hall–Kier alpha value is -1.69. The molecule has 0 saturated heterocycles. The Balaban J connectivity index is 2.17. The summed E-state index contributed by atoms with van der Waals surface area (Å²) in [6.07, 6.45) is 4.64. The van der Waals surface area contributed by atoms with Crippen LogP contribution < -0.4 is 11.1 Å². The molecule has 1 aromatic heterocycles. The lowest BCUT2D eigenvalue weighted by Crippen LogP contribution is -2.19. The van der Waals surface area contributed by atoms with Gasteiger partial charge in [-0.1, -0.05) is 12.2 Å². The van der Waals surface area contributed by atoms with E-state index in [1.54, 1.807) is 0 Å².